The second-order valence-corrected chi connectivity index (χ2v) is 6.12. The van der Waals surface area contributed by atoms with Gasteiger partial charge in [-0.15, -0.1) is 0 Å². The van der Waals surface area contributed by atoms with Gasteiger partial charge in [-0.25, -0.2) is 4.98 Å². The van der Waals surface area contributed by atoms with E-state index in [-0.39, 0.29) is 5.56 Å². The molecule has 118 valence electrons. The van der Waals surface area contributed by atoms with E-state index in [9.17, 15) is 10.1 Å². The number of benzene rings is 2. The molecule has 1 aromatic heterocycles. The van der Waals surface area contributed by atoms with Crippen LogP contribution in [-0.4, -0.2) is 16.2 Å². The molecule has 0 amide bonds. The van der Waals surface area contributed by atoms with Gasteiger partial charge in [0.15, 0.2) is 5.16 Å². The number of hydrogen-bond donors (Lipinski definition) is 1. The van der Waals surface area contributed by atoms with Gasteiger partial charge >= 0.3 is 0 Å². The Bertz CT molecular complexity index is 1000. The smallest absolute Gasteiger partial charge is 0.270 e. The van der Waals surface area contributed by atoms with E-state index in [0.29, 0.717) is 10.9 Å². The summed E-state index contributed by atoms with van der Waals surface area (Å²) in [6, 6.07) is 17.8. The van der Waals surface area contributed by atoms with Crippen LogP contribution in [0.1, 0.15) is 11.1 Å². The summed E-state index contributed by atoms with van der Waals surface area (Å²) in [5.41, 5.74) is 3.94. The normalized spacial score (nSPS) is 10.4. The molecule has 0 bridgehead atoms. The fraction of sp³-hybridized carbons (Fsp3) is 0.105. The van der Waals surface area contributed by atoms with Gasteiger partial charge in [-0.2, -0.15) is 5.26 Å². The predicted octanol–water partition coefficient (Wildman–Crippen LogP) is 4.01. The fourth-order valence-corrected chi connectivity index (χ4v) is 2.98. The molecule has 3 rings (SSSR count). The molecule has 1 N–H and O–H groups in total. The number of thioether (sulfide) groups is 1. The Morgan fingerprint density at radius 1 is 1.12 bits per heavy atom. The van der Waals surface area contributed by atoms with Gasteiger partial charge in [-0.05, 0) is 24.3 Å². The first kappa shape index (κ1) is 16.0. The van der Waals surface area contributed by atoms with E-state index < -0.39 is 5.56 Å². The first-order valence-electron chi connectivity index (χ1n) is 7.39. The molecule has 24 heavy (non-hydrogen) atoms. The molecule has 5 heteroatoms. The van der Waals surface area contributed by atoms with E-state index in [1.54, 1.807) is 0 Å². The third kappa shape index (κ3) is 2.97. The van der Waals surface area contributed by atoms with Crippen molar-refractivity contribution in [1.82, 2.24) is 9.97 Å². The van der Waals surface area contributed by atoms with Gasteiger partial charge < -0.3 is 4.98 Å². The molecule has 0 saturated carbocycles. The lowest BCUT2D eigenvalue weighted by Crippen LogP contribution is -2.14. The number of nitrogens with one attached hydrogen (secondary N) is 1. The van der Waals surface area contributed by atoms with Gasteiger partial charge in [-0.3, -0.25) is 4.79 Å². The van der Waals surface area contributed by atoms with Crippen molar-refractivity contribution in [3.63, 3.8) is 0 Å². The zero-order valence-electron chi connectivity index (χ0n) is 13.3. The predicted molar refractivity (Wildman–Crippen MR) is 97.0 cm³/mol. The number of aromatic amines is 1. The Hall–Kier alpha value is -2.84. The van der Waals surface area contributed by atoms with Crippen molar-refractivity contribution in [1.29, 1.82) is 5.26 Å². The zero-order valence-corrected chi connectivity index (χ0v) is 14.1. The molecular weight excluding hydrogens is 318 g/mol. The Morgan fingerprint density at radius 3 is 2.54 bits per heavy atom. The molecule has 0 atom stereocenters. The fourth-order valence-electron chi connectivity index (χ4n) is 2.60. The van der Waals surface area contributed by atoms with Crippen LogP contribution in [0.25, 0.3) is 22.4 Å². The van der Waals surface area contributed by atoms with Gasteiger partial charge in [0.25, 0.3) is 5.56 Å². The molecule has 0 radical (unpaired) electrons. The zero-order chi connectivity index (χ0) is 17.1. The summed E-state index contributed by atoms with van der Waals surface area (Å²) >= 11 is 1.34. The second-order valence-electron chi connectivity index (χ2n) is 5.33. The molecule has 0 aliphatic heterocycles. The highest BCUT2D eigenvalue weighted by Gasteiger charge is 2.16. The van der Waals surface area contributed by atoms with Crippen molar-refractivity contribution >= 4 is 11.8 Å². The Morgan fingerprint density at radius 2 is 1.88 bits per heavy atom. The van der Waals surface area contributed by atoms with Crippen molar-refractivity contribution in [2.45, 2.75) is 12.1 Å². The maximum absolute atomic E-state index is 12.2. The van der Waals surface area contributed by atoms with E-state index >= 15 is 0 Å². The number of nitriles is 1. The lowest BCUT2D eigenvalue weighted by molar-refractivity contribution is 0.938. The minimum absolute atomic E-state index is 0.0351. The number of aryl methyl sites for hydroxylation is 1. The van der Waals surface area contributed by atoms with Crippen LogP contribution >= 0.6 is 11.8 Å². The summed E-state index contributed by atoms with van der Waals surface area (Å²) in [4.78, 5) is 19.3. The highest BCUT2D eigenvalue weighted by atomic mass is 32.2. The van der Waals surface area contributed by atoms with Crippen LogP contribution in [-0.2, 0) is 0 Å². The molecular formula is C19H15N3OS. The maximum Gasteiger partial charge on any atom is 0.270 e. The SMILES string of the molecule is CSc1nc(-c2ccccc2-c2cccc(C)c2)c(C#N)c(=O)[nH]1. The van der Waals surface area contributed by atoms with Crippen LogP contribution in [0.2, 0.25) is 0 Å². The summed E-state index contributed by atoms with van der Waals surface area (Å²) < 4.78 is 0. The quantitative estimate of drug-likeness (QED) is 0.581. The third-order valence-corrected chi connectivity index (χ3v) is 4.29. The van der Waals surface area contributed by atoms with E-state index in [2.05, 4.69) is 16.0 Å². The van der Waals surface area contributed by atoms with E-state index in [0.717, 1.165) is 22.3 Å². The number of nitrogens with zero attached hydrogens (tertiary/aromatic N) is 2. The number of aromatic nitrogens is 2. The molecule has 4 nitrogen and oxygen atoms in total. The van der Waals surface area contributed by atoms with Gasteiger partial charge in [0.2, 0.25) is 0 Å². The molecule has 0 aliphatic rings. The number of rotatable bonds is 3. The van der Waals surface area contributed by atoms with Crippen molar-refractivity contribution < 1.29 is 0 Å². The van der Waals surface area contributed by atoms with E-state index in [4.69, 9.17) is 0 Å². The first-order valence-corrected chi connectivity index (χ1v) is 8.61. The highest BCUT2D eigenvalue weighted by Crippen LogP contribution is 2.32. The molecule has 0 saturated heterocycles. The van der Waals surface area contributed by atoms with Crippen molar-refractivity contribution in [3.8, 4) is 28.5 Å². The molecule has 0 fully saturated rings. The van der Waals surface area contributed by atoms with E-state index in [1.807, 2.05) is 61.7 Å². The lowest BCUT2D eigenvalue weighted by atomic mass is 9.95. The Kier molecular flexibility index (Phi) is 4.50. The van der Waals surface area contributed by atoms with Crippen molar-refractivity contribution in [2.75, 3.05) is 6.26 Å². The summed E-state index contributed by atoms with van der Waals surface area (Å²) in [5, 5.41) is 9.91. The molecule has 0 unspecified atom stereocenters. The largest absolute Gasteiger partial charge is 0.300 e. The lowest BCUT2D eigenvalue weighted by Gasteiger charge is -2.11. The summed E-state index contributed by atoms with van der Waals surface area (Å²) in [7, 11) is 0. The van der Waals surface area contributed by atoms with Crippen molar-refractivity contribution in [3.05, 3.63) is 70.0 Å². The van der Waals surface area contributed by atoms with E-state index in [1.165, 1.54) is 11.8 Å². The van der Waals surface area contributed by atoms with Crippen LogP contribution in [0.15, 0.2) is 58.5 Å². The Balaban J connectivity index is 2.31. The maximum atomic E-state index is 12.2. The minimum atomic E-state index is -0.411. The first-order chi connectivity index (χ1) is 11.6. The second kappa shape index (κ2) is 6.73. The minimum Gasteiger partial charge on any atom is -0.300 e. The number of hydrogen-bond acceptors (Lipinski definition) is 4. The van der Waals surface area contributed by atoms with Gasteiger partial charge in [-0.1, -0.05) is 65.9 Å². The molecule has 0 spiro atoms. The van der Waals surface area contributed by atoms with Crippen LogP contribution < -0.4 is 5.56 Å². The van der Waals surface area contributed by atoms with Crippen molar-refractivity contribution in [2.24, 2.45) is 0 Å². The van der Waals surface area contributed by atoms with Crippen LogP contribution in [0.4, 0.5) is 0 Å². The van der Waals surface area contributed by atoms with Crippen LogP contribution in [0, 0.1) is 18.3 Å². The average molecular weight is 333 g/mol. The van der Waals surface area contributed by atoms with Gasteiger partial charge in [0.05, 0.1) is 5.69 Å². The third-order valence-electron chi connectivity index (χ3n) is 3.71. The summed E-state index contributed by atoms with van der Waals surface area (Å²) in [5.74, 6) is 0. The standard InChI is InChI=1S/C19H15N3OS/c1-12-6-5-7-13(10-12)14-8-3-4-9-15(14)17-16(11-20)18(23)22-19(21-17)24-2/h3-10H,1-2H3,(H,21,22,23). The Labute approximate surface area is 144 Å². The monoisotopic (exact) mass is 333 g/mol. The summed E-state index contributed by atoms with van der Waals surface area (Å²) in [6.07, 6.45) is 1.83. The van der Waals surface area contributed by atoms with Gasteiger partial charge in [0.1, 0.15) is 11.6 Å². The van der Waals surface area contributed by atoms with Gasteiger partial charge in [0, 0.05) is 5.56 Å². The van der Waals surface area contributed by atoms with Crippen LogP contribution in [0.5, 0.6) is 0 Å². The molecule has 0 aliphatic carbocycles. The highest BCUT2D eigenvalue weighted by molar-refractivity contribution is 7.98. The molecule has 3 aromatic rings. The topological polar surface area (TPSA) is 69.5 Å². The molecule has 1 heterocycles. The number of H-pyrrole nitrogens is 1. The molecule has 2 aromatic carbocycles. The summed E-state index contributed by atoms with van der Waals surface area (Å²) in [6.45, 7) is 2.03. The van der Waals surface area contributed by atoms with Crippen LogP contribution in [0.3, 0.4) is 0 Å². The average Bonchev–Trinajstić information content (AvgIpc) is 2.61.